The number of Topliss-reactive ketones (excluding diaryl/α,β-unsaturated/α-hetero) is 1. The van der Waals surface area contributed by atoms with E-state index in [-0.39, 0.29) is 0 Å². The van der Waals surface area contributed by atoms with E-state index in [2.05, 4.69) is 43.4 Å². The Morgan fingerprint density at radius 2 is 1.85 bits per heavy atom. The van der Waals surface area contributed by atoms with Crippen molar-refractivity contribution in [3.05, 3.63) is 41.3 Å². The van der Waals surface area contributed by atoms with Gasteiger partial charge in [0.1, 0.15) is 5.78 Å². The molecule has 1 aromatic carbocycles. The summed E-state index contributed by atoms with van der Waals surface area (Å²) in [5.74, 6) is 2.03. The first-order valence-electron chi connectivity index (χ1n) is 7.69. The van der Waals surface area contributed by atoms with E-state index in [0.717, 1.165) is 32.2 Å². The molecule has 20 heavy (non-hydrogen) atoms. The summed E-state index contributed by atoms with van der Waals surface area (Å²) in [5.41, 5.74) is 2.67. The summed E-state index contributed by atoms with van der Waals surface area (Å²) in [5, 5.41) is 3.64. The standard InChI is InChI=1S/C18H26NO/c1-13(2)17-6-4-5-15(11-17)12-19-18-9-7-16(8-10-18)14(3)20/h4-6,11,16,18-19H,7-10,12H2,1-3H3. The van der Waals surface area contributed by atoms with Gasteiger partial charge in [0.05, 0.1) is 0 Å². The van der Waals surface area contributed by atoms with Crippen LogP contribution in [-0.2, 0) is 11.3 Å². The zero-order valence-corrected chi connectivity index (χ0v) is 12.9. The molecule has 2 heteroatoms. The van der Waals surface area contributed by atoms with Gasteiger partial charge in [0, 0.05) is 18.5 Å². The molecule has 1 N–H and O–H groups in total. The summed E-state index contributed by atoms with van der Waals surface area (Å²) in [6.45, 7) is 6.95. The average molecular weight is 272 g/mol. The number of hydrogen-bond donors (Lipinski definition) is 1. The highest BCUT2D eigenvalue weighted by atomic mass is 16.1. The van der Waals surface area contributed by atoms with Gasteiger partial charge in [-0.1, -0.05) is 38.1 Å². The Labute approximate surface area is 123 Å². The molecule has 0 saturated heterocycles. The molecule has 2 rings (SSSR count). The molecule has 2 nitrogen and oxygen atoms in total. The van der Waals surface area contributed by atoms with Gasteiger partial charge in [0.25, 0.3) is 0 Å². The largest absolute Gasteiger partial charge is 0.310 e. The summed E-state index contributed by atoms with van der Waals surface area (Å²) in [4.78, 5) is 11.4. The molecule has 1 aromatic rings. The number of nitrogens with one attached hydrogen (secondary N) is 1. The Bertz CT molecular complexity index is 444. The first kappa shape index (κ1) is 15.2. The fourth-order valence-corrected chi connectivity index (χ4v) is 2.96. The molecule has 1 aliphatic carbocycles. The number of hydrogen-bond acceptors (Lipinski definition) is 2. The predicted octanol–water partition coefficient (Wildman–Crippen LogP) is 3.89. The minimum Gasteiger partial charge on any atom is -0.310 e. The molecule has 0 atom stereocenters. The van der Waals surface area contributed by atoms with Gasteiger partial charge in [0.15, 0.2) is 0 Å². The van der Waals surface area contributed by atoms with Crippen LogP contribution < -0.4 is 5.32 Å². The smallest absolute Gasteiger partial charge is 0.132 e. The maximum absolute atomic E-state index is 11.4. The highest BCUT2D eigenvalue weighted by molar-refractivity contribution is 5.78. The van der Waals surface area contributed by atoms with Crippen LogP contribution in [0.5, 0.6) is 0 Å². The van der Waals surface area contributed by atoms with E-state index < -0.39 is 0 Å². The molecule has 0 unspecified atom stereocenters. The van der Waals surface area contributed by atoms with Crippen LogP contribution >= 0.6 is 0 Å². The molecule has 1 aliphatic rings. The summed E-state index contributed by atoms with van der Waals surface area (Å²) < 4.78 is 0. The third-order valence-corrected chi connectivity index (χ3v) is 4.40. The van der Waals surface area contributed by atoms with Crippen LogP contribution in [0, 0.1) is 11.8 Å². The van der Waals surface area contributed by atoms with E-state index >= 15 is 0 Å². The van der Waals surface area contributed by atoms with Crippen molar-refractivity contribution < 1.29 is 4.79 Å². The topological polar surface area (TPSA) is 29.1 Å². The zero-order chi connectivity index (χ0) is 14.5. The number of ketones is 1. The Morgan fingerprint density at radius 1 is 1.15 bits per heavy atom. The number of carbonyl (C=O) groups excluding carboxylic acids is 1. The van der Waals surface area contributed by atoms with Crippen molar-refractivity contribution in [1.29, 1.82) is 0 Å². The Morgan fingerprint density at radius 3 is 2.45 bits per heavy atom. The third kappa shape index (κ3) is 4.17. The lowest BCUT2D eigenvalue weighted by molar-refractivity contribution is -0.121. The minimum absolute atomic E-state index is 0.314. The van der Waals surface area contributed by atoms with Crippen LogP contribution in [0.25, 0.3) is 0 Å². The van der Waals surface area contributed by atoms with Crippen molar-refractivity contribution in [2.75, 3.05) is 0 Å². The first-order chi connectivity index (χ1) is 9.56. The quantitative estimate of drug-likeness (QED) is 0.881. The number of benzene rings is 1. The van der Waals surface area contributed by atoms with Crippen molar-refractivity contribution >= 4 is 5.78 Å². The molecule has 1 radical (unpaired) electrons. The van der Waals surface area contributed by atoms with Crippen LogP contribution in [0.2, 0.25) is 0 Å². The molecule has 0 amide bonds. The lowest BCUT2D eigenvalue weighted by Crippen LogP contribution is -2.34. The van der Waals surface area contributed by atoms with Crippen LogP contribution in [0.3, 0.4) is 0 Å². The number of rotatable bonds is 5. The number of carbonyl (C=O) groups is 1. The van der Waals surface area contributed by atoms with Crippen molar-refractivity contribution in [3.63, 3.8) is 0 Å². The minimum atomic E-state index is 0.314. The van der Waals surface area contributed by atoms with E-state index in [9.17, 15) is 4.79 Å². The predicted molar refractivity (Wildman–Crippen MR) is 83.4 cm³/mol. The Kier molecular flexibility index (Phi) is 5.36. The Balaban J connectivity index is 1.81. The molecule has 1 saturated carbocycles. The van der Waals surface area contributed by atoms with Gasteiger partial charge >= 0.3 is 0 Å². The van der Waals surface area contributed by atoms with E-state index in [1.165, 1.54) is 17.0 Å². The molecule has 0 aromatic heterocycles. The van der Waals surface area contributed by atoms with E-state index in [0.29, 0.717) is 17.7 Å². The second kappa shape index (κ2) is 7.03. The van der Waals surface area contributed by atoms with E-state index in [1.807, 2.05) is 0 Å². The highest BCUT2D eigenvalue weighted by Crippen LogP contribution is 2.25. The molecule has 109 valence electrons. The molecular weight excluding hydrogens is 246 g/mol. The van der Waals surface area contributed by atoms with Crippen LogP contribution in [0.4, 0.5) is 0 Å². The molecule has 0 heterocycles. The van der Waals surface area contributed by atoms with Gasteiger partial charge in [-0.15, -0.1) is 0 Å². The fraction of sp³-hybridized carbons (Fsp3) is 0.556. The third-order valence-electron chi connectivity index (χ3n) is 4.40. The second-order valence-corrected chi connectivity index (χ2v) is 6.24. The Hall–Kier alpha value is -1.15. The lowest BCUT2D eigenvalue weighted by atomic mass is 9.84. The molecular formula is C18H26NO. The summed E-state index contributed by atoms with van der Waals surface area (Å²) >= 11 is 0. The van der Waals surface area contributed by atoms with Crippen LogP contribution in [-0.4, -0.2) is 11.8 Å². The van der Waals surface area contributed by atoms with Gasteiger partial charge in [0.2, 0.25) is 0 Å². The van der Waals surface area contributed by atoms with Gasteiger partial charge < -0.3 is 5.32 Å². The van der Waals surface area contributed by atoms with Gasteiger partial charge in [-0.3, -0.25) is 4.79 Å². The average Bonchev–Trinajstić information content (AvgIpc) is 2.46. The fourth-order valence-electron chi connectivity index (χ4n) is 2.96. The first-order valence-corrected chi connectivity index (χ1v) is 7.69. The zero-order valence-electron chi connectivity index (χ0n) is 12.9. The van der Waals surface area contributed by atoms with E-state index in [1.54, 1.807) is 6.92 Å². The summed E-state index contributed by atoms with van der Waals surface area (Å²) in [6, 6.07) is 9.31. The van der Waals surface area contributed by atoms with Gasteiger partial charge in [-0.25, -0.2) is 0 Å². The maximum Gasteiger partial charge on any atom is 0.132 e. The van der Waals surface area contributed by atoms with Gasteiger partial charge in [-0.05, 0) is 49.7 Å². The molecule has 0 spiro atoms. The van der Waals surface area contributed by atoms with Crippen LogP contribution in [0.15, 0.2) is 24.3 Å². The maximum atomic E-state index is 11.4. The normalized spacial score (nSPS) is 23.0. The summed E-state index contributed by atoms with van der Waals surface area (Å²) in [6.07, 6.45) is 4.36. The molecule has 0 aliphatic heterocycles. The van der Waals surface area contributed by atoms with Crippen LogP contribution in [0.1, 0.15) is 57.6 Å². The molecule has 0 bridgehead atoms. The molecule has 1 fully saturated rings. The highest BCUT2D eigenvalue weighted by Gasteiger charge is 2.23. The van der Waals surface area contributed by atoms with Crippen molar-refractivity contribution in [2.45, 2.75) is 59.0 Å². The van der Waals surface area contributed by atoms with E-state index in [4.69, 9.17) is 0 Å². The summed E-state index contributed by atoms with van der Waals surface area (Å²) in [7, 11) is 0. The van der Waals surface area contributed by atoms with Crippen molar-refractivity contribution in [1.82, 2.24) is 5.32 Å². The monoisotopic (exact) mass is 272 g/mol. The van der Waals surface area contributed by atoms with Crippen molar-refractivity contribution in [2.24, 2.45) is 5.92 Å². The van der Waals surface area contributed by atoms with Crippen molar-refractivity contribution in [3.8, 4) is 0 Å². The lowest BCUT2D eigenvalue weighted by Gasteiger charge is -2.27. The SMILES string of the molecule is C[C](C)c1cccc(CNC2CCC(C(C)=O)CC2)c1. The van der Waals surface area contributed by atoms with Gasteiger partial charge in [-0.2, -0.15) is 0 Å². The second-order valence-electron chi connectivity index (χ2n) is 6.24.